The minimum Gasteiger partial charge on any atom is -0.489 e. The topological polar surface area (TPSA) is 75.7 Å². The van der Waals surface area contributed by atoms with Gasteiger partial charge in [-0.05, 0) is 24.6 Å². The molecule has 3 rings (SSSR count). The summed E-state index contributed by atoms with van der Waals surface area (Å²) < 4.78 is 32.9. The number of nitrogens with one attached hydrogen (secondary N) is 1. The molecule has 25 heavy (non-hydrogen) atoms. The summed E-state index contributed by atoms with van der Waals surface area (Å²) in [6.45, 7) is 4.31. The van der Waals surface area contributed by atoms with Crippen LogP contribution in [0.5, 0.6) is 5.75 Å². The third-order valence-corrected chi connectivity index (χ3v) is 5.21. The van der Waals surface area contributed by atoms with Gasteiger partial charge in [-0.3, -0.25) is 9.52 Å². The largest absolute Gasteiger partial charge is 0.489 e. The summed E-state index contributed by atoms with van der Waals surface area (Å²) in [4.78, 5) is 13.3. The Morgan fingerprint density at radius 3 is 2.60 bits per heavy atom. The number of amides is 1. The molecule has 0 spiro atoms. The van der Waals surface area contributed by atoms with Crippen molar-refractivity contribution in [1.82, 2.24) is 0 Å². The Morgan fingerprint density at radius 1 is 1.20 bits per heavy atom. The Hall–Kier alpha value is -2.54. The molecule has 132 valence electrons. The number of hydrogen-bond acceptors (Lipinski definition) is 4. The van der Waals surface area contributed by atoms with Gasteiger partial charge in [-0.1, -0.05) is 29.8 Å². The molecule has 1 N–H and O–H groups in total. The van der Waals surface area contributed by atoms with Crippen LogP contribution in [0.3, 0.4) is 0 Å². The standard InChI is InChI=1S/C18H20N2O4S/c1-13-3-5-15(6-4-13)12-25(22,23)19-16-7-8-17-18(11-16)24-10-9-20(17)14(2)21/h3-8,11,19H,9-10,12H2,1-2H3. The van der Waals surface area contributed by atoms with Crippen LogP contribution in [0.2, 0.25) is 0 Å². The fourth-order valence-corrected chi connectivity index (χ4v) is 3.92. The summed E-state index contributed by atoms with van der Waals surface area (Å²) in [6.07, 6.45) is 0. The lowest BCUT2D eigenvalue weighted by molar-refractivity contribution is -0.116. The van der Waals surface area contributed by atoms with E-state index in [9.17, 15) is 13.2 Å². The zero-order valence-corrected chi connectivity index (χ0v) is 15.0. The third kappa shape index (κ3) is 4.11. The van der Waals surface area contributed by atoms with E-state index >= 15 is 0 Å². The van der Waals surface area contributed by atoms with Gasteiger partial charge in [-0.15, -0.1) is 0 Å². The lowest BCUT2D eigenvalue weighted by atomic mass is 10.2. The predicted molar refractivity (Wildman–Crippen MR) is 97.4 cm³/mol. The van der Waals surface area contributed by atoms with Crippen molar-refractivity contribution in [2.75, 3.05) is 22.8 Å². The van der Waals surface area contributed by atoms with Crippen LogP contribution in [-0.2, 0) is 20.6 Å². The van der Waals surface area contributed by atoms with Crippen LogP contribution in [-0.4, -0.2) is 27.5 Å². The maximum Gasteiger partial charge on any atom is 0.236 e. The van der Waals surface area contributed by atoms with Crippen molar-refractivity contribution in [3.05, 3.63) is 53.6 Å². The van der Waals surface area contributed by atoms with Gasteiger partial charge in [-0.25, -0.2) is 8.42 Å². The van der Waals surface area contributed by atoms with Crippen molar-refractivity contribution in [3.63, 3.8) is 0 Å². The number of benzene rings is 2. The summed E-state index contributed by atoms with van der Waals surface area (Å²) in [5.41, 5.74) is 2.86. The van der Waals surface area contributed by atoms with Crippen molar-refractivity contribution in [3.8, 4) is 5.75 Å². The Balaban J connectivity index is 1.78. The van der Waals surface area contributed by atoms with E-state index in [1.165, 1.54) is 6.92 Å². The van der Waals surface area contributed by atoms with Gasteiger partial charge in [0.15, 0.2) is 0 Å². The molecule has 0 aromatic heterocycles. The van der Waals surface area contributed by atoms with Gasteiger partial charge in [-0.2, -0.15) is 0 Å². The second kappa shape index (κ2) is 6.76. The van der Waals surface area contributed by atoms with Gasteiger partial charge in [0.2, 0.25) is 15.9 Å². The molecule has 0 radical (unpaired) electrons. The molecule has 2 aromatic rings. The molecule has 0 fully saturated rings. The molecule has 0 bridgehead atoms. The van der Waals surface area contributed by atoms with E-state index in [1.54, 1.807) is 35.2 Å². The van der Waals surface area contributed by atoms with E-state index in [-0.39, 0.29) is 11.7 Å². The molecule has 1 amide bonds. The number of fused-ring (bicyclic) bond motifs is 1. The second-order valence-corrected chi connectivity index (χ2v) is 7.77. The first-order valence-electron chi connectivity index (χ1n) is 7.95. The van der Waals surface area contributed by atoms with Crippen molar-refractivity contribution in [1.29, 1.82) is 0 Å². The van der Waals surface area contributed by atoms with Gasteiger partial charge in [0.1, 0.15) is 12.4 Å². The van der Waals surface area contributed by atoms with Gasteiger partial charge in [0, 0.05) is 13.0 Å². The molecule has 1 heterocycles. The van der Waals surface area contributed by atoms with Crippen LogP contribution < -0.4 is 14.4 Å². The minimum atomic E-state index is -3.54. The molecule has 0 saturated carbocycles. The highest BCUT2D eigenvalue weighted by Gasteiger charge is 2.22. The van der Waals surface area contributed by atoms with E-state index in [0.29, 0.717) is 30.3 Å². The predicted octanol–water partition coefficient (Wildman–Crippen LogP) is 2.68. The summed E-state index contributed by atoms with van der Waals surface area (Å²) >= 11 is 0. The van der Waals surface area contributed by atoms with E-state index in [2.05, 4.69) is 4.72 Å². The van der Waals surface area contributed by atoms with E-state index < -0.39 is 10.0 Å². The highest BCUT2D eigenvalue weighted by Crippen LogP contribution is 2.34. The van der Waals surface area contributed by atoms with Crippen LogP contribution in [0.25, 0.3) is 0 Å². The van der Waals surface area contributed by atoms with Crippen LogP contribution in [0, 0.1) is 6.92 Å². The Kier molecular flexibility index (Phi) is 4.67. The van der Waals surface area contributed by atoms with Gasteiger partial charge in [0.05, 0.1) is 23.7 Å². The average molecular weight is 360 g/mol. The van der Waals surface area contributed by atoms with Crippen LogP contribution >= 0.6 is 0 Å². The molecular formula is C18H20N2O4S. The highest BCUT2D eigenvalue weighted by molar-refractivity contribution is 7.91. The fourth-order valence-electron chi connectivity index (χ4n) is 2.73. The number of hydrogen-bond donors (Lipinski definition) is 1. The summed E-state index contributed by atoms with van der Waals surface area (Å²) in [5, 5.41) is 0. The molecule has 0 saturated heterocycles. The summed E-state index contributed by atoms with van der Waals surface area (Å²) in [6, 6.07) is 12.3. The number of nitrogens with zero attached hydrogens (tertiary/aromatic N) is 1. The Morgan fingerprint density at radius 2 is 1.92 bits per heavy atom. The Bertz CT molecular complexity index is 892. The fraction of sp³-hybridized carbons (Fsp3) is 0.278. The SMILES string of the molecule is CC(=O)N1CCOc2cc(NS(=O)(=O)Cc3ccc(C)cc3)ccc21. The van der Waals surface area contributed by atoms with E-state index in [1.807, 2.05) is 19.1 Å². The molecule has 1 aliphatic rings. The van der Waals surface area contributed by atoms with Crippen LogP contribution in [0.15, 0.2) is 42.5 Å². The quantitative estimate of drug-likeness (QED) is 0.910. The van der Waals surface area contributed by atoms with Crippen molar-refractivity contribution in [2.45, 2.75) is 19.6 Å². The lowest BCUT2D eigenvalue weighted by Crippen LogP contribution is -2.36. The van der Waals surface area contributed by atoms with Crippen molar-refractivity contribution >= 4 is 27.3 Å². The number of anilines is 2. The molecule has 0 atom stereocenters. The number of ether oxygens (including phenoxy) is 1. The zero-order chi connectivity index (χ0) is 18.0. The molecule has 2 aromatic carbocycles. The molecule has 0 aliphatic carbocycles. The molecule has 7 heteroatoms. The maximum absolute atomic E-state index is 12.4. The molecule has 0 unspecified atom stereocenters. The average Bonchev–Trinajstić information content (AvgIpc) is 2.55. The van der Waals surface area contributed by atoms with Crippen molar-refractivity contribution in [2.24, 2.45) is 0 Å². The van der Waals surface area contributed by atoms with Gasteiger partial charge >= 0.3 is 0 Å². The first-order chi connectivity index (χ1) is 11.8. The number of aryl methyl sites for hydroxylation is 1. The monoisotopic (exact) mass is 360 g/mol. The zero-order valence-electron chi connectivity index (χ0n) is 14.2. The van der Waals surface area contributed by atoms with Gasteiger partial charge in [0.25, 0.3) is 0 Å². The first kappa shape index (κ1) is 17.3. The number of sulfonamides is 1. The number of rotatable bonds is 4. The Labute approximate surface area is 147 Å². The lowest BCUT2D eigenvalue weighted by Gasteiger charge is -2.29. The minimum absolute atomic E-state index is 0.0720. The van der Waals surface area contributed by atoms with Crippen LogP contribution in [0.1, 0.15) is 18.1 Å². The third-order valence-electron chi connectivity index (χ3n) is 3.95. The number of carbonyl (C=O) groups is 1. The number of carbonyl (C=O) groups excluding carboxylic acids is 1. The van der Waals surface area contributed by atoms with E-state index in [4.69, 9.17) is 4.74 Å². The normalized spacial score (nSPS) is 13.8. The first-order valence-corrected chi connectivity index (χ1v) is 9.60. The van der Waals surface area contributed by atoms with E-state index in [0.717, 1.165) is 11.1 Å². The second-order valence-electron chi connectivity index (χ2n) is 6.05. The molecule has 6 nitrogen and oxygen atoms in total. The summed E-state index contributed by atoms with van der Waals surface area (Å²) in [5.74, 6) is 0.319. The van der Waals surface area contributed by atoms with Gasteiger partial charge < -0.3 is 9.64 Å². The summed E-state index contributed by atoms with van der Waals surface area (Å²) in [7, 11) is -3.54. The molecule has 1 aliphatic heterocycles. The molecular weight excluding hydrogens is 340 g/mol. The highest BCUT2D eigenvalue weighted by atomic mass is 32.2. The van der Waals surface area contributed by atoms with Crippen LogP contribution in [0.4, 0.5) is 11.4 Å². The van der Waals surface area contributed by atoms with Crippen molar-refractivity contribution < 1.29 is 17.9 Å². The smallest absolute Gasteiger partial charge is 0.236 e. The maximum atomic E-state index is 12.4.